The number of rotatable bonds is 4. The first-order chi connectivity index (χ1) is 6.22. The van der Waals surface area contributed by atoms with Gasteiger partial charge in [0.1, 0.15) is 5.82 Å². The van der Waals surface area contributed by atoms with Crippen molar-refractivity contribution in [2.24, 2.45) is 0 Å². The van der Waals surface area contributed by atoms with Crippen LogP contribution in [-0.2, 0) is 9.59 Å². The highest BCUT2D eigenvalue weighted by Crippen LogP contribution is 2.00. The fraction of sp³-hybridized carbons (Fsp3) is 0.333. The number of nitrogens with one attached hydrogen (secondary N) is 2. The van der Waals surface area contributed by atoms with E-state index in [1.54, 1.807) is 12.2 Å². The summed E-state index contributed by atoms with van der Waals surface area (Å²) in [4.78, 5) is 21.8. The molecule has 2 amide bonds. The first-order valence-electron chi connectivity index (χ1n) is 4.13. The van der Waals surface area contributed by atoms with Crippen molar-refractivity contribution < 1.29 is 9.59 Å². The van der Waals surface area contributed by atoms with Crippen LogP contribution in [0, 0.1) is 0 Å². The van der Waals surface area contributed by atoms with Crippen LogP contribution in [-0.4, -0.2) is 11.8 Å². The fourth-order valence-electron chi connectivity index (χ4n) is 0.975. The van der Waals surface area contributed by atoms with E-state index in [9.17, 15) is 9.59 Å². The van der Waals surface area contributed by atoms with E-state index in [1.807, 2.05) is 0 Å². The zero-order valence-corrected chi connectivity index (χ0v) is 7.30. The molecule has 0 aromatic heterocycles. The van der Waals surface area contributed by atoms with Crippen molar-refractivity contribution in [1.82, 2.24) is 10.6 Å². The maximum atomic E-state index is 11.1. The van der Waals surface area contributed by atoms with E-state index in [0.29, 0.717) is 25.1 Å². The summed E-state index contributed by atoms with van der Waals surface area (Å²) < 4.78 is 0. The van der Waals surface area contributed by atoms with Gasteiger partial charge in [-0.2, -0.15) is 0 Å². The van der Waals surface area contributed by atoms with Gasteiger partial charge in [0.25, 0.3) is 0 Å². The molecule has 0 aromatic rings. The molecule has 0 aliphatic carbocycles. The molecule has 13 heavy (non-hydrogen) atoms. The third-order valence-electron chi connectivity index (χ3n) is 1.62. The zero-order valence-electron chi connectivity index (χ0n) is 7.30. The summed E-state index contributed by atoms with van der Waals surface area (Å²) in [6, 6.07) is 0. The fourth-order valence-corrected chi connectivity index (χ4v) is 0.975. The Morgan fingerprint density at radius 1 is 1.77 bits per heavy atom. The lowest BCUT2D eigenvalue weighted by atomic mass is 10.3. The minimum atomic E-state index is -0.103. The Balaban J connectivity index is 2.28. The molecule has 1 rings (SSSR count). The highest BCUT2D eigenvalue weighted by atomic mass is 16.2. The molecule has 0 radical (unpaired) electrons. The van der Waals surface area contributed by atoms with Crippen LogP contribution in [0.2, 0.25) is 0 Å². The van der Waals surface area contributed by atoms with Gasteiger partial charge in [-0.15, -0.1) is 6.58 Å². The number of allylic oxidation sites excluding steroid dienone is 1. The highest BCUT2D eigenvalue weighted by molar-refractivity contribution is 5.85. The second-order valence-electron chi connectivity index (χ2n) is 2.75. The Morgan fingerprint density at radius 3 is 3.08 bits per heavy atom. The summed E-state index contributed by atoms with van der Waals surface area (Å²) in [5, 5.41) is 5.11. The molecule has 1 aliphatic rings. The van der Waals surface area contributed by atoms with Crippen LogP contribution < -0.4 is 10.6 Å². The average molecular weight is 180 g/mol. The second-order valence-corrected chi connectivity index (χ2v) is 2.75. The minimum Gasteiger partial charge on any atom is -0.312 e. The van der Waals surface area contributed by atoms with Gasteiger partial charge in [0.15, 0.2) is 0 Å². The topological polar surface area (TPSA) is 58.2 Å². The van der Waals surface area contributed by atoms with Crippen molar-refractivity contribution in [2.75, 3.05) is 0 Å². The molecule has 1 heterocycles. The molecular weight excluding hydrogens is 168 g/mol. The molecule has 0 unspecified atom stereocenters. The molecule has 0 spiro atoms. The molecule has 4 heteroatoms. The van der Waals surface area contributed by atoms with E-state index >= 15 is 0 Å². The van der Waals surface area contributed by atoms with Gasteiger partial charge in [0.2, 0.25) is 11.8 Å². The molecule has 0 bridgehead atoms. The van der Waals surface area contributed by atoms with Crippen LogP contribution >= 0.6 is 0 Å². The summed E-state index contributed by atoms with van der Waals surface area (Å²) in [5.74, 6) is 0.312. The van der Waals surface area contributed by atoms with E-state index < -0.39 is 0 Å². The van der Waals surface area contributed by atoms with Gasteiger partial charge in [-0.1, -0.05) is 6.08 Å². The Hall–Kier alpha value is -1.58. The quantitative estimate of drug-likeness (QED) is 0.616. The molecule has 2 N–H and O–H groups in total. The number of hydrogen-bond acceptors (Lipinski definition) is 2. The lowest BCUT2D eigenvalue weighted by molar-refractivity contribution is -0.120. The van der Waals surface area contributed by atoms with Gasteiger partial charge in [-0.25, -0.2) is 0 Å². The van der Waals surface area contributed by atoms with Gasteiger partial charge in [-0.05, 0) is 12.5 Å². The van der Waals surface area contributed by atoms with Crippen LogP contribution in [0.15, 0.2) is 24.6 Å². The lowest BCUT2D eigenvalue weighted by Gasteiger charge is -2.04. The largest absolute Gasteiger partial charge is 0.312 e. The standard InChI is InChI=1S/C9H12N2O2/c1-2-3-4-8(12)10-7-5-6-9(13)11-7/h2,5H,1,3-4,6H2,(H,10,12)(H,11,13). The molecule has 0 fully saturated rings. The Labute approximate surface area is 76.7 Å². The van der Waals surface area contributed by atoms with Crippen molar-refractivity contribution in [3.63, 3.8) is 0 Å². The van der Waals surface area contributed by atoms with Crippen molar-refractivity contribution in [2.45, 2.75) is 19.3 Å². The predicted octanol–water partition coefficient (Wildman–Crippen LogP) is 0.430. The van der Waals surface area contributed by atoms with Gasteiger partial charge < -0.3 is 10.6 Å². The maximum Gasteiger partial charge on any atom is 0.229 e. The van der Waals surface area contributed by atoms with Gasteiger partial charge >= 0.3 is 0 Å². The average Bonchev–Trinajstić information content (AvgIpc) is 2.48. The molecule has 0 aromatic carbocycles. The summed E-state index contributed by atoms with van der Waals surface area (Å²) in [7, 11) is 0. The third-order valence-corrected chi connectivity index (χ3v) is 1.62. The van der Waals surface area contributed by atoms with E-state index in [-0.39, 0.29) is 11.8 Å². The van der Waals surface area contributed by atoms with Crippen molar-refractivity contribution in [1.29, 1.82) is 0 Å². The van der Waals surface area contributed by atoms with Gasteiger partial charge in [0.05, 0.1) is 0 Å². The van der Waals surface area contributed by atoms with Crippen LogP contribution in [0.25, 0.3) is 0 Å². The zero-order chi connectivity index (χ0) is 9.68. The number of hydrogen-bond donors (Lipinski definition) is 2. The van der Waals surface area contributed by atoms with Crippen molar-refractivity contribution >= 4 is 11.8 Å². The summed E-state index contributed by atoms with van der Waals surface area (Å²) >= 11 is 0. The summed E-state index contributed by atoms with van der Waals surface area (Å²) in [6.45, 7) is 3.51. The molecular formula is C9H12N2O2. The molecule has 70 valence electrons. The Morgan fingerprint density at radius 2 is 2.54 bits per heavy atom. The smallest absolute Gasteiger partial charge is 0.229 e. The van der Waals surface area contributed by atoms with Crippen LogP contribution in [0.5, 0.6) is 0 Å². The van der Waals surface area contributed by atoms with Gasteiger partial charge in [-0.3, -0.25) is 9.59 Å². The minimum absolute atomic E-state index is 0.0842. The molecule has 0 saturated carbocycles. The van der Waals surface area contributed by atoms with Crippen LogP contribution in [0.3, 0.4) is 0 Å². The second kappa shape index (κ2) is 4.45. The number of carbonyl (C=O) groups excluding carboxylic acids is 2. The van der Waals surface area contributed by atoms with Crippen molar-refractivity contribution in [3.05, 3.63) is 24.6 Å². The first-order valence-corrected chi connectivity index (χ1v) is 4.13. The summed E-state index contributed by atoms with van der Waals surface area (Å²) in [5.41, 5.74) is 0. The van der Waals surface area contributed by atoms with E-state index in [0.717, 1.165) is 0 Å². The van der Waals surface area contributed by atoms with Crippen molar-refractivity contribution in [3.8, 4) is 0 Å². The molecule has 1 aliphatic heterocycles. The van der Waals surface area contributed by atoms with Gasteiger partial charge in [0, 0.05) is 12.8 Å². The first kappa shape index (κ1) is 9.51. The van der Waals surface area contributed by atoms with E-state index in [2.05, 4.69) is 17.2 Å². The Kier molecular flexibility index (Phi) is 3.25. The maximum absolute atomic E-state index is 11.1. The number of amides is 2. The Bertz CT molecular complexity index is 269. The SMILES string of the molecule is C=CCCC(=O)NC1=CCC(=O)N1. The molecule has 0 atom stereocenters. The number of carbonyl (C=O) groups is 2. The van der Waals surface area contributed by atoms with Crippen LogP contribution in [0.1, 0.15) is 19.3 Å². The van der Waals surface area contributed by atoms with E-state index in [1.165, 1.54) is 0 Å². The van der Waals surface area contributed by atoms with E-state index in [4.69, 9.17) is 0 Å². The third kappa shape index (κ3) is 3.11. The highest BCUT2D eigenvalue weighted by Gasteiger charge is 2.12. The van der Waals surface area contributed by atoms with Crippen LogP contribution in [0.4, 0.5) is 0 Å². The lowest BCUT2D eigenvalue weighted by Crippen LogP contribution is -2.30. The summed E-state index contributed by atoms with van der Waals surface area (Å²) in [6.07, 6.45) is 4.73. The normalized spacial score (nSPS) is 14.8. The molecule has 0 saturated heterocycles. The monoisotopic (exact) mass is 180 g/mol. The predicted molar refractivity (Wildman–Crippen MR) is 48.4 cm³/mol. The molecule has 4 nitrogen and oxygen atoms in total.